The van der Waals surface area contributed by atoms with Gasteiger partial charge in [0, 0.05) is 18.0 Å². The van der Waals surface area contributed by atoms with Crippen molar-refractivity contribution in [3.05, 3.63) is 47.8 Å². The molecule has 0 atom stereocenters. The molecule has 0 radical (unpaired) electrons. The number of ether oxygens (including phenoxy) is 1. The minimum Gasteiger partial charge on any atom is -0.435 e. The third-order valence-corrected chi connectivity index (χ3v) is 3.89. The Morgan fingerprint density at radius 1 is 1.27 bits per heavy atom. The summed E-state index contributed by atoms with van der Waals surface area (Å²) in [5.41, 5.74) is 3.44. The number of aromatic nitrogens is 3. The van der Waals surface area contributed by atoms with Crippen molar-refractivity contribution in [2.45, 2.75) is 24.4 Å². The van der Waals surface area contributed by atoms with E-state index in [9.17, 15) is 8.78 Å². The number of alkyl halides is 2. The largest absolute Gasteiger partial charge is 0.435 e. The molecular formula is C15H13F2N3OS. The van der Waals surface area contributed by atoms with Crippen LogP contribution < -0.4 is 4.74 Å². The Morgan fingerprint density at radius 3 is 2.86 bits per heavy atom. The van der Waals surface area contributed by atoms with E-state index in [0.29, 0.717) is 21.9 Å². The summed E-state index contributed by atoms with van der Waals surface area (Å²) < 4.78 is 28.8. The van der Waals surface area contributed by atoms with E-state index in [0.717, 1.165) is 11.3 Å². The average Bonchev–Trinajstić information content (AvgIpc) is 2.88. The van der Waals surface area contributed by atoms with E-state index in [1.807, 2.05) is 25.3 Å². The molecule has 3 rings (SSSR count). The van der Waals surface area contributed by atoms with Gasteiger partial charge in [0.15, 0.2) is 5.16 Å². The molecule has 0 saturated carbocycles. The first kappa shape index (κ1) is 14.8. The van der Waals surface area contributed by atoms with Crippen LogP contribution in [0, 0.1) is 6.92 Å². The van der Waals surface area contributed by atoms with E-state index >= 15 is 0 Å². The molecule has 2 heterocycles. The SMILES string of the molecule is Cc1ccc(CSc2nc3ccc(OC(F)F)cc3[nH]2)nc1. The molecule has 0 aliphatic heterocycles. The molecule has 0 spiro atoms. The van der Waals surface area contributed by atoms with Crippen molar-refractivity contribution in [2.75, 3.05) is 0 Å². The molecule has 0 aliphatic rings. The van der Waals surface area contributed by atoms with Crippen LogP contribution in [0.3, 0.4) is 0 Å². The van der Waals surface area contributed by atoms with E-state index in [1.165, 1.54) is 23.9 Å². The van der Waals surface area contributed by atoms with E-state index in [2.05, 4.69) is 19.7 Å². The summed E-state index contributed by atoms with van der Waals surface area (Å²) in [6.45, 7) is -0.843. The van der Waals surface area contributed by atoms with Crippen molar-refractivity contribution >= 4 is 22.8 Å². The highest BCUT2D eigenvalue weighted by Crippen LogP contribution is 2.25. The van der Waals surface area contributed by atoms with Gasteiger partial charge in [0.1, 0.15) is 5.75 Å². The highest BCUT2D eigenvalue weighted by atomic mass is 32.2. The second kappa shape index (κ2) is 6.31. The third-order valence-electron chi connectivity index (χ3n) is 2.99. The Balaban J connectivity index is 1.72. The maximum Gasteiger partial charge on any atom is 0.387 e. The molecule has 1 aromatic carbocycles. The van der Waals surface area contributed by atoms with Gasteiger partial charge in [0.05, 0.1) is 16.7 Å². The number of hydrogen-bond acceptors (Lipinski definition) is 4. The van der Waals surface area contributed by atoms with Crippen LogP contribution in [0.2, 0.25) is 0 Å². The van der Waals surface area contributed by atoms with Gasteiger partial charge in [-0.05, 0) is 30.7 Å². The summed E-state index contributed by atoms with van der Waals surface area (Å²) in [6, 6.07) is 8.63. The Labute approximate surface area is 129 Å². The third kappa shape index (κ3) is 3.54. The Morgan fingerprint density at radius 2 is 2.14 bits per heavy atom. The van der Waals surface area contributed by atoms with Crippen LogP contribution in [-0.2, 0) is 5.75 Å². The average molecular weight is 321 g/mol. The molecule has 0 aliphatic carbocycles. The number of fused-ring (bicyclic) bond motifs is 1. The van der Waals surface area contributed by atoms with Crippen LogP contribution >= 0.6 is 11.8 Å². The maximum atomic E-state index is 12.2. The molecule has 0 unspecified atom stereocenters. The number of imidazole rings is 1. The lowest BCUT2D eigenvalue weighted by molar-refractivity contribution is -0.0497. The van der Waals surface area contributed by atoms with E-state index in [1.54, 1.807) is 6.07 Å². The van der Waals surface area contributed by atoms with Gasteiger partial charge >= 0.3 is 6.61 Å². The maximum absolute atomic E-state index is 12.2. The van der Waals surface area contributed by atoms with Gasteiger partial charge in [0.2, 0.25) is 0 Å². The van der Waals surface area contributed by atoms with Crippen LogP contribution in [0.25, 0.3) is 11.0 Å². The molecule has 114 valence electrons. The zero-order chi connectivity index (χ0) is 15.5. The quantitative estimate of drug-likeness (QED) is 0.717. The lowest BCUT2D eigenvalue weighted by atomic mass is 10.3. The number of nitrogens with zero attached hydrogens (tertiary/aromatic N) is 2. The number of hydrogen-bond donors (Lipinski definition) is 1. The second-order valence-corrected chi connectivity index (χ2v) is 5.68. The predicted molar refractivity (Wildman–Crippen MR) is 81.3 cm³/mol. The number of rotatable bonds is 5. The van der Waals surface area contributed by atoms with Gasteiger partial charge in [-0.1, -0.05) is 17.8 Å². The number of pyridine rings is 1. The van der Waals surface area contributed by atoms with Crippen LogP contribution in [0.5, 0.6) is 5.75 Å². The fourth-order valence-corrected chi connectivity index (χ4v) is 2.74. The molecular weight excluding hydrogens is 308 g/mol. The minimum atomic E-state index is -2.83. The summed E-state index contributed by atoms with van der Waals surface area (Å²) in [4.78, 5) is 11.8. The summed E-state index contributed by atoms with van der Waals surface area (Å²) >= 11 is 1.51. The molecule has 4 nitrogen and oxygen atoms in total. The summed E-state index contributed by atoms with van der Waals surface area (Å²) in [5, 5.41) is 0.714. The van der Waals surface area contributed by atoms with Gasteiger partial charge in [-0.2, -0.15) is 8.78 Å². The lowest BCUT2D eigenvalue weighted by Gasteiger charge is -2.02. The van der Waals surface area contributed by atoms with Crippen molar-refractivity contribution in [3.8, 4) is 5.75 Å². The number of nitrogens with one attached hydrogen (secondary N) is 1. The zero-order valence-electron chi connectivity index (χ0n) is 11.7. The van der Waals surface area contributed by atoms with Crippen molar-refractivity contribution in [1.29, 1.82) is 0 Å². The molecule has 0 fully saturated rings. The van der Waals surface area contributed by atoms with Crippen LogP contribution in [0.15, 0.2) is 41.7 Å². The van der Waals surface area contributed by atoms with E-state index in [-0.39, 0.29) is 5.75 Å². The molecule has 0 amide bonds. The Bertz CT molecular complexity index is 774. The Hall–Kier alpha value is -2.15. The highest BCUT2D eigenvalue weighted by Gasteiger charge is 2.08. The number of aryl methyl sites for hydroxylation is 1. The second-order valence-electron chi connectivity index (χ2n) is 4.71. The molecule has 0 saturated heterocycles. The molecule has 7 heteroatoms. The Kier molecular flexibility index (Phi) is 4.24. The standard InChI is InChI=1S/C15H13F2N3OS/c1-9-2-3-10(18-7-9)8-22-15-19-12-5-4-11(21-14(16)17)6-13(12)20-15/h2-7,14H,8H2,1H3,(H,19,20). The first-order valence-electron chi connectivity index (χ1n) is 6.59. The van der Waals surface area contributed by atoms with Gasteiger partial charge in [-0.25, -0.2) is 4.98 Å². The highest BCUT2D eigenvalue weighted by molar-refractivity contribution is 7.98. The smallest absolute Gasteiger partial charge is 0.387 e. The van der Waals surface area contributed by atoms with Gasteiger partial charge in [-0.3, -0.25) is 4.98 Å². The van der Waals surface area contributed by atoms with Crippen LogP contribution in [-0.4, -0.2) is 21.6 Å². The van der Waals surface area contributed by atoms with E-state index < -0.39 is 6.61 Å². The monoisotopic (exact) mass is 321 g/mol. The fourth-order valence-electron chi connectivity index (χ4n) is 1.94. The van der Waals surface area contributed by atoms with Crippen molar-refractivity contribution < 1.29 is 13.5 Å². The van der Waals surface area contributed by atoms with Crippen LogP contribution in [0.4, 0.5) is 8.78 Å². The van der Waals surface area contributed by atoms with Crippen LogP contribution in [0.1, 0.15) is 11.3 Å². The molecule has 2 aromatic heterocycles. The predicted octanol–water partition coefficient (Wildman–Crippen LogP) is 4.16. The van der Waals surface area contributed by atoms with Gasteiger partial charge in [0.25, 0.3) is 0 Å². The summed E-state index contributed by atoms with van der Waals surface area (Å²) in [7, 11) is 0. The first-order valence-corrected chi connectivity index (χ1v) is 7.57. The molecule has 22 heavy (non-hydrogen) atoms. The zero-order valence-corrected chi connectivity index (χ0v) is 12.5. The lowest BCUT2D eigenvalue weighted by Crippen LogP contribution is -2.01. The van der Waals surface area contributed by atoms with Crippen molar-refractivity contribution in [1.82, 2.24) is 15.0 Å². The van der Waals surface area contributed by atoms with Gasteiger partial charge in [-0.15, -0.1) is 0 Å². The number of benzene rings is 1. The number of thioether (sulfide) groups is 1. The minimum absolute atomic E-state index is 0.114. The topological polar surface area (TPSA) is 50.8 Å². The summed E-state index contributed by atoms with van der Waals surface area (Å²) in [5.74, 6) is 0.795. The number of aromatic amines is 1. The normalized spacial score (nSPS) is 11.3. The summed E-state index contributed by atoms with van der Waals surface area (Å²) in [6.07, 6.45) is 1.82. The molecule has 1 N–H and O–H groups in total. The van der Waals surface area contributed by atoms with Gasteiger partial charge < -0.3 is 9.72 Å². The van der Waals surface area contributed by atoms with Crippen molar-refractivity contribution in [2.24, 2.45) is 0 Å². The molecule has 0 bridgehead atoms. The first-order chi connectivity index (χ1) is 10.6. The van der Waals surface area contributed by atoms with Crippen molar-refractivity contribution in [3.63, 3.8) is 0 Å². The number of H-pyrrole nitrogens is 1. The number of halogens is 2. The molecule has 3 aromatic rings. The van der Waals surface area contributed by atoms with E-state index in [4.69, 9.17) is 0 Å². The fraction of sp³-hybridized carbons (Fsp3) is 0.200.